The molecule has 1 fully saturated rings. The molecule has 0 bridgehead atoms. The number of nitrogens with zero attached hydrogens (tertiary/aromatic N) is 1. The van der Waals surface area contributed by atoms with Gasteiger partial charge in [0.2, 0.25) is 17.7 Å². The van der Waals surface area contributed by atoms with Gasteiger partial charge < -0.3 is 5.32 Å². The summed E-state index contributed by atoms with van der Waals surface area (Å²) in [7, 11) is 0. The highest BCUT2D eigenvalue weighted by molar-refractivity contribution is 7.11. The van der Waals surface area contributed by atoms with E-state index in [9.17, 15) is 14.4 Å². The van der Waals surface area contributed by atoms with E-state index in [4.69, 9.17) is 0 Å². The lowest BCUT2D eigenvalue weighted by Gasteiger charge is -2.21. The fourth-order valence-electron chi connectivity index (χ4n) is 1.97. The fraction of sp³-hybridized carbons (Fsp3) is 0.571. The average molecular weight is 309 g/mol. The molecule has 3 amide bonds. The first-order chi connectivity index (χ1) is 9.75. The van der Waals surface area contributed by atoms with Crippen molar-refractivity contribution in [3.05, 3.63) is 16.1 Å². The lowest BCUT2D eigenvalue weighted by Crippen LogP contribution is -2.52. The monoisotopic (exact) mass is 309 g/mol. The number of carbonyl (C=O) groups is 3. The maximum absolute atomic E-state index is 12.0. The van der Waals surface area contributed by atoms with Crippen LogP contribution >= 0.6 is 11.3 Å². The van der Waals surface area contributed by atoms with Crippen LogP contribution in [-0.4, -0.2) is 28.7 Å². The summed E-state index contributed by atoms with van der Waals surface area (Å²) in [6, 6.07) is -0.620. The van der Waals surface area contributed by atoms with E-state index in [1.54, 1.807) is 6.20 Å². The summed E-state index contributed by atoms with van der Waals surface area (Å²) in [5.41, 5.74) is -0.0387. The third kappa shape index (κ3) is 4.10. The Bertz CT molecular complexity index is 574. The van der Waals surface area contributed by atoms with Crippen molar-refractivity contribution in [3.8, 4) is 0 Å². The van der Waals surface area contributed by atoms with Crippen LogP contribution in [0.3, 0.4) is 0 Å². The van der Waals surface area contributed by atoms with E-state index in [0.29, 0.717) is 6.42 Å². The Kier molecular flexibility index (Phi) is 4.41. The second-order valence-electron chi connectivity index (χ2n) is 6.13. The van der Waals surface area contributed by atoms with E-state index in [1.165, 1.54) is 11.3 Å². The molecule has 1 aromatic rings. The number of carbonyl (C=O) groups excluding carboxylic acids is 3. The van der Waals surface area contributed by atoms with Crippen LogP contribution in [0.15, 0.2) is 6.20 Å². The van der Waals surface area contributed by atoms with E-state index < -0.39 is 11.9 Å². The van der Waals surface area contributed by atoms with Crippen LogP contribution in [0.4, 0.5) is 0 Å². The summed E-state index contributed by atoms with van der Waals surface area (Å²) in [6.07, 6.45) is 2.51. The third-order valence-corrected chi connectivity index (χ3v) is 4.53. The first-order valence-electron chi connectivity index (χ1n) is 6.84. The Morgan fingerprint density at radius 2 is 2.19 bits per heavy atom. The van der Waals surface area contributed by atoms with Crippen LogP contribution in [-0.2, 0) is 26.2 Å². The molecule has 0 spiro atoms. The van der Waals surface area contributed by atoms with Crippen molar-refractivity contribution in [2.45, 2.75) is 51.5 Å². The summed E-state index contributed by atoms with van der Waals surface area (Å²) in [5.74, 6) is -0.948. The summed E-state index contributed by atoms with van der Waals surface area (Å²) in [6.45, 7) is 6.21. The van der Waals surface area contributed by atoms with Crippen LogP contribution < -0.4 is 10.6 Å². The van der Waals surface area contributed by atoms with Crippen LogP contribution in [0.25, 0.3) is 0 Å². The van der Waals surface area contributed by atoms with Gasteiger partial charge in [-0.25, -0.2) is 4.98 Å². The number of nitrogens with one attached hydrogen (secondary N) is 2. The van der Waals surface area contributed by atoms with Gasteiger partial charge in [0.15, 0.2) is 0 Å². The molecule has 2 heterocycles. The Morgan fingerprint density at radius 3 is 2.76 bits per heavy atom. The van der Waals surface area contributed by atoms with Crippen LogP contribution in [0.1, 0.15) is 43.5 Å². The molecule has 114 valence electrons. The van der Waals surface area contributed by atoms with Crippen molar-refractivity contribution in [3.63, 3.8) is 0 Å². The lowest BCUT2D eigenvalue weighted by molar-refractivity contribution is -0.137. The molecule has 1 atom stereocenters. The topological polar surface area (TPSA) is 88.2 Å². The molecule has 2 rings (SSSR count). The molecule has 0 aromatic carbocycles. The molecule has 7 heteroatoms. The number of aromatic nitrogens is 1. The predicted molar refractivity (Wildman–Crippen MR) is 78.8 cm³/mol. The smallest absolute Gasteiger partial charge is 0.249 e. The zero-order valence-corrected chi connectivity index (χ0v) is 13.2. The number of imide groups is 1. The minimum absolute atomic E-state index is 0.0387. The Hall–Kier alpha value is -1.76. The first-order valence-corrected chi connectivity index (χ1v) is 7.65. The van der Waals surface area contributed by atoms with Crippen molar-refractivity contribution < 1.29 is 14.4 Å². The van der Waals surface area contributed by atoms with E-state index in [1.807, 2.05) is 0 Å². The van der Waals surface area contributed by atoms with Gasteiger partial charge in [0.25, 0.3) is 0 Å². The van der Waals surface area contributed by atoms with Gasteiger partial charge in [0.05, 0.1) is 11.4 Å². The van der Waals surface area contributed by atoms with E-state index in [-0.39, 0.29) is 30.1 Å². The Labute approximate surface area is 127 Å². The van der Waals surface area contributed by atoms with Gasteiger partial charge in [0, 0.05) is 22.9 Å². The fourth-order valence-corrected chi connectivity index (χ4v) is 2.94. The van der Waals surface area contributed by atoms with Gasteiger partial charge in [-0.2, -0.15) is 0 Å². The van der Waals surface area contributed by atoms with Gasteiger partial charge in [-0.3, -0.25) is 19.7 Å². The number of hydrogen-bond acceptors (Lipinski definition) is 5. The zero-order valence-electron chi connectivity index (χ0n) is 12.4. The molecule has 1 saturated heterocycles. The van der Waals surface area contributed by atoms with Crippen molar-refractivity contribution in [2.24, 2.45) is 0 Å². The molecule has 1 aliphatic heterocycles. The van der Waals surface area contributed by atoms with Gasteiger partial charge in [0.1, 0.15) is 6.04 Å². The van der Waals surface area contributed by atoms with Crippen LogP contribution in [0.5, 0.6) is 0 Å². The molecular formula is C14H19N3O3S. The highest BCUT2D eigenvalue weighted by atomic mass is 32.1. The molecule has 1 aliphatic rings. The number of thiazole rings is 1. The summed E-state index contributed by atoms with van der Waals surface area (Å²) >= 11 is 1.50. The average Bonchev–Trinajstić information content (AvgIpc) is 2.81. The summed E-state index contributed by atoms with van der Waals surface area (Å²) in [4.78, 5) is 39.8. The van der Waals surface area contributed by atoms with Gasteiger partial charge in [-0.05, 0) is 6.42 Å². The van der Waals surface area contributed by atoms with Gasteiger partial charge in [-0.1, -0.05) is 20.8 Å². The largest absolute Gasteiger partial charge is 0.344 e. The Morgan fingerprint density at radius 1 is 1.48 bits per heavy atom. The zero-order chi connectivity index (χ0) is 15.6. The summed E-state index contributed by atoms with van der Waals surface area (Å²) in [5, 5.41) is 5.86. The Balaban J connectivity index is 1.91. The van der Waals surface area contributed by atoms with Crippen molar-refractivity contribution >= 4 is 29.1 Å². The maximum Gasteiger partial charge on any atom is 0.249 e. The molecular weight excluding hydrogens is 290 g/mol. The van der Waals surface area contributed by atoms with Gasteiger partial charge in [-0.15, -0.1) is 11.3 Å². The molecule has 0 saturated carbocycles. The minimum atomic E-state index is -0.620. The molecule has 2 N–H and O–H groups in total. The van der Waals surface area contributed by atoms with E-state index in [0.717, 1.165) is 9.88 Å². The lowest BCUT2D eigenvalue weighted by atomic mass is 9.98. The standard InChI is InChI=1S/C14H19N3O3S/c1-14(2,3)13-15-7-8(21-13)6-11(19)16-9-4-5-10(18)17-12(9)20/h7,9H,4-6H2,1-3H3,(H,16,19)(H,17,18,20). The highest BCUT2D eigenvalue weighted by Crippen LogP contribution is 2.26. The number of amides is 3. The first kappa shape index (κ1) is 15.6. The van der Waals surface area contributed by atoms with Crippen LogP contribution in [0.2, 0.25) is 0 Å². The van der Waals surface area contributed by atoms with E-state index >= 15 is 0 Å². The highest BCUT2D eigenvalue weighted by Gasteiger charge is 2.28. The normalized spacial score (nSPS) is 19.3. The molecule has 1 aromatic heterocycles. The number of rotatable bonds is 3. The molecule has 21 heavy (non-hydrogen) atoms. The van der Waals surface area contributed by atoms with Crippen molar-refractivity contribution in [2.75, 3.05) is 0 Å². The van der Waals surface area contributed by atoms with Crippen LogP contribution in [0, 0.1) is 0 Å². The number of piperidine rings is 1. The molecule has 0 aliphatic carbocycles. The SMILES string of the molecule is CC(C)(C)c1ncc(CC(=O)NC2CCC(=O)NC2=O)s1. The maximum atomic E-state index is 12.0. The van der Waals surface area contributed by atoms with Crippen molar-refractivity contribution in [1.29, 1.82) is 0 Å². The molecule has 6 nitrogen and oxygen atoms in total. The molecule has 1 unspecified atom stereocenters. The van der Waals surface area contributed by atoms with Crippen molar-refractivity contribution in [1.82, 2.24) is 15.6 Å². The van der Waals surface area contributed by atoms with Gasteiger partial charge >= 0.3 is 0 Å². The van der Waals surface area contributed by atoms with E-state index in [2.05, 4.69) is 36.4 Å². The summed E-state index contributed by atoms with van der Waals surface area (Å²) < 4.78 is 0. The molecule has 0 radical (unpaired) electrons. The quantitative estimate of drug-likeness (QED) is 0.812. The number of hydrogen-bond donors (Lipinski definition) is 2. The second-order valence-corrected chi connectivity index (χ2v) is 7.24. The minimum Gasteiger partial charge on any atom is -0.344 e. The predicted octanol–water partition coefficient (Wildman–Crippen LogP) is 0.904. The second kappa shape index (κ2) is 5.93. The third-order valence-electron chi connectivity index (χ3n) is 3.10.